The number of hydrogen-bond acceptors (Lipinski definition) is 3. The van der Waals surface area contributed by atoms with E-state index in [2.05, 4.69) is 11.1 Å². The van der Waals surface area contributed by atoms with Gasteiger partial charge in [-0.25, -0.2) is 4.98 Å². The summed E-state index contributed by atoms with van der Waals surface area (Å²) in [6, 6.07) is 11.8. The van der Waals surface area contributed by atoms with Crippen LogP contribution in [0.1, 0.15) is 17.9 Å². The van der Waals surface area contributed by atoms with Crippen LogP contribution in [0.2, 0.25) is 5.15 Å². The number of hydrogen-bond donors (Lipinski definition) is 0. The molecule has 0 fully saturated rings. The van der Waals surface area contributed by atoms with Crippen molar-refractivity contribution in [2.75, 3.05) is 13.2 Å². The largest absolute Gasteiger partial charge is 0.493 e. The molecule has 0 amide bonds. The second-order valence-corrected chi connectivity index (χ2v) is 4.83. The number of benzene rings is 1. The fraction of sp³-hybridized carbons (Fsp3) is 0.267. The Bertz CT molecular complexity index is 574. The van der Waals surface area contributed by atoms with Gasteiger partial charge in [0.1, 0.15) is 5.75 Å². The third kappa shape index (κ3) is 2.66. The van der Waals surface area contributed by atoms with Gasteiger partial charge in [0.15, 0.2) is 10.9 Å². The molecule has 0 bridgehead atoms. The van der Waals surface area contributed by atoms with E-state index < -0.39 is 0 Å². The fourth-order valence-corrected chi connectivity index (χ4v) is 2.43. The molecule has 1 atom stereocenters. The maximum Gasteiger partial charge on any atom is 0.171 e. The van der Waals surface area contributed by atoms with Crippen molar-refractivity contribution < 1.29 is 9.47 Å². The maximum absolute atomic E-state index is 5.98. The molecule has 4 heteroatoms. The average Bonchev–Trinajstić information content (AvgIpc) is 2.46. The zero-order chi connectivity index (χ0) is 13.1. The normalized spacial score (nSPS) is 17.4. The van der Waals surface area contributed by atoms with E-state index in [0.717, 1.165) is 18.8 Å². The Balaban J connectivity index is 1.73. The Morgan fingerprint density at radius 3 is 3.05 bits per heavy atom. The molecular formula is C15H14ClNO2. The van der Waals surface area contributed by atoms with Gasteiger partial charge in [-0.1, -0.05) is 29.8 Å². The first-order chi connectivity index (χ1) is 9.34. The number of fused-ring (bicyclic) bond motifs is 1. The van der Waals surface area contributed by atoms with Gasteiger partial charge < -0.3 is 9.47 Å². The summed E-state index contributed by atoms with van der Waals surface area (Å²) in [6.45, 7) is 1.32. The molecular weight excluding hydrogens is 262 g/mol. The molecule has 3 nitrogen and oxygen atoms in total. The van der Waals surface area contributed by atoms with E-state index in [-0.39, 0.29) is 0 Å². The Labute approximate surface area is 117 Å². The zero-order valence-electron chi connectivity index (χ0n) is 10.4. The highest BCUT2D eigenvalue weighted by Gasteiger charge is 2.21. The fourth-order valence-electron chi connectivity index (χ4n) is 2.26. The van der Waals surface area contributed by atoms with Gasteiger partial charge in [0.25, 0.3) is 0 Å². The predicted molar refractivity (Wildman–Crippen MR) is 74.0 cm³/mol. The first-order valence-corrected chi connectivity index (χ1v) is 6.67. The van der Waals surface area contributed by atoms with E-state index >= 15 is 0 Å². The standard InChI is InChI=1S/C15H14ClNO2/c16-15-14(6-3-8-17-15)19-10-11-7-9-18-13-5-2-1-4-12(11)13/h1-6,8,11H,7,9-10H2. The Morgan fingerprint density at radius 2 is 2.16 bits per heavy atom. The topological polar surface area (TPSA) is 31.4 Å². The lowest BCUT2D eigenvalue weighted by Crippen LogP contribution is -2.19. The molecule has 1 aromatic heterocycles. The van der Waals surface area contributed by atoms with E-state index in [1.54, 1.807) is 6.20 Å². The van der Waals surface area contributed by atoms with Crippen LogP contribution in [-0.4, -0.2) is 18.2 Å². The summed E-state index contributed by atoms with van der Waals surface area (Å²) in [5.41, 5.74) is 1.20. The summed E-state index contributed by atoms with van der Waals surface area (Å²) in [5.74, 6) is 1.92. The van der Waals surface area contributed by atoms with Gasteiger partial charge in [0.2, 0.25) is 0 Å². The minimum absolute atomic E-state index is 0.334. The van der Waals surface area contributed by atoms with Crippen molar-refractivity contribution in [3.05, 3.63) is 53.3 Å². The first kappa shape index (κ1) is 12.3. The molecule has 0 radical (unpaired) electrons. The van der Waals surface area contributed by atoms with Crippen molar-refractivity contribution in [2.45, 2.75) is 12.3 Å². The molecule has 1 aromatic carbocycles. The summed E-state index contributed by atoms with van der Waals surface area (Å²) in [5, 5.41) is 0.405. The molecule has 1 aliphatic heterocycles. The highest BCUT2D eigenvalue weighted by molar-refractivity contribution is 6.30. The molecule has 2 heterocycles. The lowest BCUT2D eigenvalue weighted by molar-refractivity contribution is 0.217. The number of para-hydroxylation sites is 1. The molecule has 0 spiro atoms. The summed E-state index contributed by atoms with van der Waals surface area (Å²) in [4.78, 5) is 4.00. The summed E-state index contributed by atoms with van der Waals surface area (Å²) >= 11 is 5.98. The van der Waals surface area contributed by atoms with E-state index in [1.807, 2.05) is 30.3 Å². The minimum Gasteiger partial charge on any atom is -0.493 e. The number of aromatic nitrogens is 1. The highest BCUT2D eigenvalue weighted by atomic mass is 35.5. The maximum atomic E-state index is 5.98. The second kappa shape index (κ2) is 5.49. The van der Waals surface area contributed by atoms with Crippen molar-refractivity contribution in [3.8, 4) is 11.5 Å². The molecule has 2 aromatic rings. The van der Waals surface area contributed by atoms with Crippen molar-refractivity contribution in [1.29, 1.82) is 0 Å². The van der Waals surface area contributed by atoms with Crippen LogP contribution in [-0.2, 0) is 0 Å². The van der Waals surface area contributed by atoms with Gasteiger partial charge in [0, 0.05) is 17.7 Å². The molecule has 0 aliphatic carbocycles. The molecule has 19 heavy (non-hydrogen) atoms. The van der Waals surface area contributed by atoms with Gasteiger partial charge in [-0.3, -0.25) is 0 Å². The van der Waals surface area contributed by atoms with E-state index in [0.29, 0.717) is 23.4 Å². The van der Waals surface area contributed by atoms with Crippen LogP contribution in [0.25, 0.3) is 0 Å². The summed E-state index contributed by atoms with van der Waals surface area (Å²) < 4.78 is 11.4. The van der Waals surface area contributed by atoms with Crippen molar-refractivity contribution in [1.82, 2.24) is 4.98 Å². The predicted octanol–water partition coefficient (Wildman–Crippen LogP) is 3.68. The monoisotopic (exact) mass is 275 g/mol. The SMILES string of the molecule is Clc1ncccc1OCC1CCOc2ccccc21. The lowest BCUT2D eigenvalue weighted by Gasteiger charge is -2.25. The van der Waals surface area contributed by atoms with Crippen molar-refractivity contribution >= 4 is 11.6 Å². The van der Waals surface area contributed by atoms with E-state index in [9.17, 15) is 0 Å². The number of ether oxygens (including phenoxy) is 2. The molecule has 0 N–H and O–H groups in total. The van der Waals surface area contributed by atoms with E-state index in [1.165, 1.54) is 5.56 Å². The Morgan fingerprint density at radius 1 is 1.26 bits per heavy atom. The lowest BCUT2D eigenvalue weighted by atomic mass is 9.94. The highest BCUT2D eigenvalue weighted by Crippen LogP contribution is 2.34. The number of pyridine rings is 1. The number of nitrogens with zero attached hydrogens (tertiary/aromatic N) is 1. The van der Waals surface area contributed by atoms with Gasteiger partial charge in [-0.2, -0.15) is 0 Å². The Hall–Kier alpha value is -1.74. The number of rotatable bonds is 3. The smallest absolute Gasteiger partial charge is 0.171 e. The van der Waals surface area contributed by atoms with Crippen LogP contribution in [0.15, 0.2) is 42.6 Å². The van der Waals surface area contributed by atoms with Crippen LogP contribution >= 0.6 is 11.6 Å². The molecule has 1 aliphatic rings. The van der Waals surface area contributed by atoms with Crippen LogP contribution < -0.4 is 9.47 Å². The molecule has 3 rings (SSSR count). The molecule has 0 saturated heterocycles. The zero-order valence-corrected chi connectivity index (χ0v) is 11.1. The first-order valence-electron chi connectivity index (χ1n) is 6.29. The molecule has 0 saturated carbocycles. The van der Waals surface area contributed by atoms with Crippen LogP contribution in [0.5, 0.6) is 11.5 Å². The second-order valence-electron chi connectivity index (χ2n) is 4.48. The third-order valence-electron chi connectivity index (χ3n) is 3.25. The van der Waals surface area contributed by atoms with Gasteiger partial charge in [-0.05, 0) is 24.6 Å². The van der Waals surface area contributed by atoms with Gasteiger partial charge >= 0.3 is 0 Å². The third-order valence-corrected chi connectivity index (χ3v) is 3.53. The molecule has 98 valence electrons. The van der Waals surface area contributed by atoms with Crippen LogP contribution in [0, 0.1) is 0 Å². The average molecular weight is 276 g/mol. The summed E-state index contributed by atoms with van der Waals surface area (Å²) in [7, 11) is 0. The van der Waals surface area contributed by atoms with Crippen molar-refractivity contribution in [3.63, 3.8) is 0 Å². The van der Waals surface area contributed by atoms with Crippen molar-refractivity contribution in [2.24, 2.45) is 0 Å². The number of halogens is 1. The Kier molecular flexibility index (Phi) is 3.56. The quantitative estimate of drug-likeness (QED) is 0.801. The van der Waals surface area contributed by atoms with Gasteiger partial charge in [-0.15, -0.1) is 0 Å². The van der Waals surface area contributed by atoms with Gasteiger partial charge in [0.05, 0.1) is 13.2 Å². The van der Waals surface area contributed by atoms with Crippen LogP contribution in [0.4, 0.5) is 0 Å². The van der Waals surface area contributed by atoms with E-state index in [4.69, 9.17) is 21.1 Å². The summed E-state index contributed by atoms with van der Waals surface area (Å²) in [6.07, 6.45) is 2.60. The van der Waals surface area contributed by atoms with Crippen LogP contribution in [0.3, 0.4) is 0 Å². The minimum atomic E-state index is 0.334. The molecule has 1 unspecified atom stereocenters.